The van der Waals surface area contributed by atoms with Crippen LogP contribution in [0.25, 0.3) is 33.2 Å². The summed E-state index contributed by atoms with van der Waals surface area (Å²) in [6.45, 7) is 5.89. The first-order valence-corrected chi connectivity index (χ1v) is 15.2. The van der Waals surface area contributed by atoms with E-state index in [0.717, 1.165) is 52.8 Å². The number of fused-ring (bicyclic) bond motifs is 2. The number of anilines is 1. The second kappa shape index (κ2) is 10.6. The van der Waals surface area contributed by atoms with Crippen molar-refractivity contribution in [2.24, 2.45) is 0 Å². The number of nitrogens with one attached hydrogen (secondary N) is 1. The van der Waals surface area contributed by atoms with E-state index in [0.29, 0.717) is 16.8 Å². The number of aromatic nitrogens is 4. The molecular weight excluding hydrogens is 540 g/mol. The number of ether oxygens (including phenoxy) is 1. The minimum atomic E-state index is -3.48. The van der Waals surface area contributed by atoms with Crippen LogP contribution in [0.3, 0.4) is 0 Å². The van der Waals surface area contributed by atoms with Gasteiger partial charge in [0.05, 0.1) is 53.1 Å². The lowest BCUT2D eigenvalue weighted by atomic mass is 10.1. The molecule has 6 rings (SSSR count). The maximum absolute atomic E-state index is 12.9. The number of rotatable bonds is 6. The van der Waals surface area contributed by atoms with Crippen molar-refractivity contribution in [1.29, 1.82) is 0 Å². The Balaban J connectivity index is 1.20. The molecule has 1 N–H and O–H groups in total. The quantitative estimate of drug-likeness (QED) is 0.325. The van der Waals surface area contributed by atoms with Crippen LogP contribution in [-0.4, -0.2) is 64.8 Å². The first-order valence-electron chi connectivity index (χ1n) is 13.4. The Kier molecular flexibility index (Phi) is 6.92. The summed E-state index contributed by atoms with van der Waals surface area (Å²) in [5.74, 6) is 0.566. The maximum atomic E-state index is 12.9. The third kappa shape index (κ3) is 5.63. The Hall–Kier alpha value is -4.35. The highest BCUT2D eigenvalue weighted by Crippen LogP contribution is 2.24. The molecule has 0 spiro atoms. The first-order chi connectivity index (χ1) is 19.6. The maximum Gasteiger partial charge on any atom is 0.251 e. The Bertz CT molecular complexity index is 1880. The van der Waals surface area contributed by atoms with E-state index >= 15 is 0 Å². The predicted molar refractivity (Wildman–Crippen MR) is 158 cm³/mol. The van der Waals surface area contributed by atoms with Crippen molar-refractivity contribution < 1.29 is 17.9 Å². The van der Waals surface area contributed by atoms with Gasteiger partial charge in [-0.3, -0.25) is 9.78 Å². The van der Waals surface area contributed by atoms with E-state index in [-0.39, 0.29) is 24.7 Å². The second-order valence-corrected chi connectivity index (χ2v) is 12.3. The number of nitrogens with zero attached hydrogens (tertiary/aromatic N) is 5. The largest absolute Gasteiger partial charge is 0.372 e. The van der Waals surface area contributed by atoms with E-state index in [1.807, 2.05) is 36.4 Å². The van der Waals surface area contributed by atoms with Gasteiger partial charge in [-0.05, 0) is 62.4 Å². The molecule has 0 bridgehead atoms. The van der Waals surface area contributed by atoms with Gasteiger partial charge in [-0.2, -0.15) is 0 Å². The fourth-order valence-corrected chi connectivity index (χ4v) is 6.01. The van der Waals surface area contributed by atoms with E-state index in [4.69, 9.17) is 14.7 Å². The molecule has 1 amide bonds. The number of morpholine rings is 1. The molecule has 0 saturated carbocycles. The number of pyridine rings is 3. The van der Waals surface area contributed by atoms with E-state index in [1.165, 1.54) is 10.2 Å². The van der Waals surface area contributed by atoms with Gasteiger partial charge in [0.2, 0.25) is 10.0 Å². The zero-order chi connectivity index (χ0) is 28.7. The van der Waals surface area contributed by atoms with Crippen LogP contribution in [0.2, 0.25) is 0 Å². The number of benzene rings is 1. The van der Waals surface area contributed by atoms with Gasteiger partial charge >= 0.3 is 0 Å². The Morgan fingerprint density at radius 1 is 0.976 bits per heavy atom. The molecule has 1 aliphatic rings. The Morgan fingerprint density at radius 3 is 2.51 bits per heavy atom. The Morgan fingerprint density at radius 2 is 1.73 bits per heavy atom. The zero-order valence-electron chi connectivity index (χ0n) is 23.0. The van der Waals surface area contributed by atoms with Crippen molar-refractivity contribution in [3.05, 3.63) is 84.3 Å². The monoisotopic (exact) mass is 570 g/mol. The Labute approximate surface area is 238 Å². The van der Waals surface area contributed by atoms with Crippen LogP contribution in [-0.2, 0) is 21.3 Å². The summed E-state index contributed by atoms with van der Waals surface area (Å²) in [6, 6.07) is 18.4. The third-order valence-corrected chi connectivity index (χ3v) is 8.11. The fourth-order valence-electron chi connectivity index (χ4n) is 5.21. The van der Waals surface area contributed by atoms with Crippen LogP contribution < -0.4 is 10.2 Å². The van der Waals surface area contributed by atoms with E-state index in [2.05, 4.69) is 29.0 Å². The molecule has 5 heterocycles. The molecule has 0 radical (unpaired) electrons. The molecule has 1 aromatic carbocycles. The standard InChI is InChI=1S/C30H30N6O4S/c1-19-17-35(18-20(2)40-19)29-6-4-5-25(34-29)26-10-9-23-15-31-24(14-27(23)33-26)16-32-30(37)22-8-7-21-11-12-36(28(21)13-22)41(3,38)39/h4-15,19-20H,16-18H2,1-3H3,(H,32,37)/t19-,20+. The van der Waals surface area contributed by atoms with Gasteiger partial charge in [0.1, 0.15) is 5.82 Å². The predicted octanol–water partition coefficient (Wildman–Crippen LogP) is 4.00. The summed E-state index contributed by atoms with van der Waals surface area (Å²) in [5.41, 5.74) is 3.73. The molecule has 4 aromatic heterocycles. The number of hydrogen-bond donors (Lipinski definition) is 1. The zero-order valence-corrected chi connectivity index (χ0v) is 23.8. The minimum Gasteiger partial charge on any atom is -0.372 e. The van der Waals surface area contributed by atoms with Crippen LogP contribution >= 0.6 is 0 Å². The highest BCUT2D eigenvalue weighted by atomic mass is 32.2. The minimum absolute atomic E-state index is 0.135. The van der Waals surface area contributed by atoms with E-state index < -0.39 is 10.0 Å². The molecule has 1 fully saturated rings. The first kappa shape index (κ1) is 26.9. The lowest BCUT2D eigenvalue weighted by Gasteiger charge is -2.36. The summed E-state index contributed by atoms with van der Waals surface area (Å²) < 4.78 is 31.2. The molecule has 41 heavy (non-hydrogen) atoms. The molecular formula is C30H30N6O4S. The van der Waals surface area contributed by atoms with Crippen molar-refractivity contribution >= 4 is 43.6 Å². The van der Waals surface area contributed by atoms with Crippen LogP contribution in [0.1, 0.15) is 29.9 Å². The molecule has 10 nitrogen and oxygen atoms in total. The fraction of sp³-hybridized carbons (Fsp3) is 0.267. The van der Waals surface area contributed by atoms with Crippen molar-refractivity contribution in [3.8, 4) is 11.4 Å². The summed E-state index contributed by atoms with van der Waals surface area (Å²) >= 11 is 0. The lowest BCUT2D eigenvalue weighted by molar-refractivity contribution is -0.00545. The molecule has 0 aliphatic carbocycles. The van der Waals surface area contributed by atoms with E-state index in [1.54, 1.807) is 30.5 Å². The number of carbonyl (C=O) groups is 1. The lowest BCUT2D eigenvalue weighted by Crippen LogP contribution is -2.45. The van der Waals surface area contributed by atoms with Crippen molar-refractivity contribution in [1.82, 2.24) is 24.2 Å². The average Bonchev–Trinajstić information content (AvgIpc) is 3.39. The van der Waals surface area contributed by atoms with Crippen LogP contribution in [0.4, 0.5) is 5.82 Å². The van der Waals surface area contributed by atoms with Gasteiger partial charge in [-0.15, -0.1) is 0 Å². The highest BCUT2D eigenvalue weighted by molar-refractivity contribution is 7.89. The van der Waals surface area contributed by atoms with Gasteiger partial charge in [-0.25, -0.2) is 22.4 Å². The van der Waals surface area contributed by atoms with Gasteiger partial charge < -0.3 is 15.0 Å². The molecule has 210 valence electrons. The molecule has 11 heteroatoms. The normalized spacial score (nSPS) is 17.7. The topological polar surface area (TPSA) is 119 Å². The van der Waals surface area contributed by atoms with Gasteiger partial charge in [0.25, 0.3) is 5.91 Å². The molecule has 2 atom stereocenters. The average molecular weight is 571 g/mol. The number of amides is 1. The summed E-state index contributed by atoms with van der Waals surface area (Å²) in [4.78, 5) is 29.4. The summed E-state index contributed by atoms with van der Waals surface area (Å²) in [5, 5.41) is 4.49. The molecule has 0 unspecified atom stereocenters. The van der Waals surface area contributed by atoms with Crippen molar-refractivity contribution in [2.45, 2.75) is 32.6 Å². The third-order valence-electron chi connectivity index (χ3n) is 7.08. The smallest absolute Gasteiger partial charge is 0.251 e. The van der Waals surface area contributed by atoms with Crippen LogP contribution in [0.15, 0.2) is 73.1 Å². The second-order valence-electron chi connectivity index (χ2n) is 10.4. The van der Waals surface area contributed by atoms with Gasteiger partial charge in [0.15, 0.2) is 0 Å². The van der Waals surface area contributed by atoms with Crippen molar-refractivity contribution in [3.63, 3.8) is 0 Å². The van der Waals surface area contributed by atoms with Gasteiger partial charge in [0, 0.05) is 41.8 Å². The summed E-state index contributed by atoms with van der Waals surface area (Å²) in [6.07, 6.45) is 4.62. The molecule has 1 saturated heterocycles. The number of hydrogen-bond acceptors (Lipinski definition) is 8. The highest BCUT2D eigenvalue weighted by Gasteiger charge is 2.23. The number of carbonyl (C=O) groups excluding carboxylic acids is 1. The molecule has 1 aliphatic heterocycles. The summed E-state index contributed by atoms with van der Waals surface area (Å²) in [7, 11) is -3.48. The van der Waals surface area contributed by atoms with Crippen LogP contribution in [0, 0.1) is 0 Å². The van der Waals surface area contributed by atoms with Crippen molar-refractivity contribution in [2.75, 3.05) is 24.2 Å². The van der Waals surface area contributed by atoms with Crippen LogP contribution in [0.5, 0.6) is 0 Å². The SMILES string of the molecule is C[C@@H]1CN(c2cccc(-c3ccc4cnc(CNC(=O)c5ccc6ccn(S(C)(=O)=O)c6c5)cc4n3)n2)C[C@H](C)O1. The van der Waals surface area contributed by atoms with E-state index in [9.17, 15) is 13.2 Å². The molecule has 5 aromatic rings. The van der Waals surface area contributed by atoms with Gasteiger partial charge in [-0.1, -0.05) is 12.1 Å².